The number of nitrogen functional groups attached to an aromatic ring is 1. The largest absolute Gasteiger partial charge is 0.396 e. The predicted octanol–water partition coefficient (Wildman–Crippen LogP) is 3.25. The van der Waals surface area contributed by atoms with Crippen molar-refractivity contribution < 1.29 is 18.0 Å². The zero-order valence-corrected chi connectivity index (χ0v) is 10.5. The van der Waals surface area contributed by atoms with Gasteiger partial charge in [-0.3, -0.25) is 4.79 Å². The van der Waals surface area contributed by atoms with Crippen LogP contribution in [0.3, 0.4) is 0 Å². The number of hydrogen-bond acceptors (Lipinski definition) is 2. The van der Waals surface area contributed by atoms with E-state index in [4.69, 9.17) is 5.73 Å². The summed E-state index contributed by atoms with van der Waals surface area (Å²) >= 11 is 0. The van der Waals surface area contributed by atoms with Gasteiger partial charge in [0.05, 0.1) is 11.3 Å². The molecule has 1 amide bonds. The molecule has 2 aromatic rings. The molecule has 0 saturated carbocycles. The van der Waals surface area contributed by atoms with E-state index in [1.807, 2.05) is 0 Å². The first kappa shape index (κ1) is 13.9. The van der Waals surface area contributed by atoms with Crippen LogP contribution in [0.4, 0.5) is 24.5 Å². The van der Waals surface area contributed by atoms with Crippen molar-refractivity contribution in [2.75, 3.05) is 11.1 Å². The molecule has 2 rings (SSSR count). The molecule has 20 heavy (non-hydrogen) atoms. The highest BCUT2D eigenvalue weighted by Gasteiger charge is 2.17. The van der Waals surface area contributed by atoms with Crippen molar-refractivity contribution in [3.05, 3.63) is 58.9 Å². The topological polar surface area (TPSA) is 55.1 Å². The number of carbonyl (C=O) groups is 1. The van der Waals surface area contributed by atoms with E-state index in [0.717, 1.165) is 12.1 Å². The fourth-order valence-electron chi connectivity index (χ4n) is 1.71. The van der Waals surface area contributed by atoms with Crippen molar-refractivity contribution >= 4 is 17.3 Å². The summed E-state index contributed by atoms with van der Waals surface area (Å²) in [6, 6.07) is 5.59. The highest BCUT2D eigenvalue weighted by molar-refractivity contribution is 6.05. The van der Waals surface area contributed by atoms with Gasteiger partial charge in [-0.25, -0.2) is 13.2 Å². The maximum atomic E-state index is 13.7. The number of amides is 1. The molecule has 6 heteroatoms. The first-order valence-corrected chi connectivity index (χ1v) is 5.71. The lowest BCUT2D eigenvalue weighted by atomic mass is 10.1. The molecule has 104 valence electrons. The predicted molar refractivity (Wildman–Crippen MR) is 69.9 cm³/mol. The second kappa shape index (κ2) is 5.24. The first-order chi connectivity index (χ1) is 9.40. The monoisotopic (exact) mass is 280 g/mol. The van der Waals surface area contributed by atoms with Gasteiger partial charge in [0, 0.05) is 11.3 Å². The molecule has 3 N–H and O–H groups in total. The van der Waals surface area contributed by atoms with E-state index in [0.29, 0.717) is 0 Å². The molecule has 0 saturated heterocycles. The van der Waals surface area contributed by atoms with Crippen molar-refractivity contribution in [3.63, 3.8) is 0 Å². The van der Waals surface area contributed by atoms with Crippen LogP contribution in [-0.4, -0.2) is 5.91 Å². The van der Waals surface area contributed by atoms with E-state index >= 15 is 0 Å². The summed E-state index contributed by atoms with van der Waals surface area (Å²) in [5, 5.41) is 2.32. The summed E-state index contributed by atoms with van der Waals surface area (Å²) in [4.78, 5) is 11.9. The summed E-state index contributed by atoms with van der Waals surface area (Å²) in [5.41, 5.74) is 4.63. The summed E-state index contributed by atoms with van der Waals surface area (Å²) in [7, 11) is 0. The van der Waals surface area contributed by atoms with Crippen molar-refractivity contribution in [1.29, 1.82) is 0 Å². The Labute approximate surface area is 113 Å². The van der Waals surface area contributed by atoms with Crippen molar-refractivity contribution in [1.82, 2.24) is 0 Å². The van der Waals surface area contributed by atoms with Gasteiger partial charge in [-0.05, 0) is 31.2 Å². The Morgan fingerprint density at radius 2 is 1.90 bits per heavy atom. The maximum Gasteiger partial charge on any atom is 0.258 e. The lowest BCUT2D eigenvalue weighted by Gasteiger charge is -2.10. The van der Waals surface area contributed by atoms with Crippen LogP contribution in [0.5, 0.6) is 0 Å². The molecule has 0 aliphatic rings. The van der Waals surface area contributed by atoms with Crippen LogP contribution in [0.15, 0.2) is 30.3 Å². The third-order valence-corrected chi connectivity index (χ3v) is 2.83. The van der Waals surface area contributed by atoms with Gasteiger partial charge in [0.15, 0.2) is 5.82 Å². The zero-order valence-electron chi connectivity index (χ0n) is 10.5. The Bertz CT molecular complexity index is 686. The van der Waals surface area contributed by atoms with Crippen LogP contribution in [0.1, 0.15) is 15.9 Å². The standard InChI is InChI=1S/C14H11F3N2O/c1-7-10(16)3-2-4-12(7)19-14(20)9-5-8(15)6-11(18)13(9)17/h2-6H,18H2,1H3,(H,19,20). The van der Waals surface area contributed by atoms with E-state index in [2.05, 4.69) is 5.32 Å². The second-order valence-corrected chi connectivity index (χ2v) is 4.22. The normalized spacial score (nSPS) is 10.4. The van der Waals surface area contributed by atoms with Gasteiger partial charge in [-0.1, -0.05) is 6.07 Å². The number of halogens is 3. The van der Waals surface area contributed by atoms with Crippen LogP contribution in [0.25, 0.3) is 0 Å². The van der Waals surface area contributed by atoms with E-state index in [9.17, 15) is 18.0 Å². The molecule has 3 nitrogen and oxygen atoms in total. The Morgan fingerprint density at radius 1 is 1.20 bits per heavy atom. The average molecular weight is 280 g/mol. The minimum absolute atomic E-state index is 0.178. The van der Waals surface area contributed by atoms with Gasteiger partial charge < -0.3 is 11.1 Å². The van der Waals surface area contributed by atoms with E-state index in [1.165, 1.54) is 25.1 Å². The van der Waals surface area contributed by atoms with Gasteiger partial charge in [-0.15, -0.1) is 0 Å². The molecule has 0 unspecified atom stereocenters. The molecular weight excluding hydrogens is 269 g/mol. The SMILES string of the molecule is Cc1c(F)cccc1NC(=O)c1cc(F)cc(N)c1F. The third-order valence-electron chi connectivity index (χ3n) is 2.83. The number of carbonyl (C=O) groups excluding carboxylic acids is 1. The molecule has 0 spiro atoms. The van der Waals surface area contributed by atoms with Gasteiger partial charge in [0.25, 0.3) is 5.91 Å². The Kier molecular flexibility index (Phi) is 3.65. The Hall–Kier alpha value is -2.50. The Morgan fingerprint density at radius 3 is 2.60 bits per heavy atom. The third kappa shape index (κ3) is 2.59. The highest BCUT2D eigenvalue weighted by atomic mass is 19.1. The van der Waals surface area contributed by atoms with Gasteiger partial charge in [0.2, 0.25) is 0 Å². The summed E-state index contributed by atoms with van der Waals surface area (Å²) in [6.45, 7) is 1.46. The molecule has 0 fully saturated rings. The number of benzene rings is 2. The molecule has 0 heterocycles. The summed E-state index contributed by atoms with van der Waals surface area (Å²) < 4.78 is 40.2. The summed E-state index contributed by atoms with van der Waals surface area (Å²) in [6.07, 6.45) is 0. The molecule has 0 aliphatic carbocycles. The first-order valence-electron chi connectivity index (χ1n) is 5.71. The lowest BCUT2D eigenvalue weighted by Crippen LogP contribution is -2.16. The molecule has 2 aromatic carbocycles. The number of nitrogens with two attached hydrogens (primary N) is 1. The van der Waals surface area contributed by atoms with Crippen LogP contribution in [0, 0.1) is 24.4 Å². The molecule has 0 aliphatic heterocycles. The molecular formula is C14H11F3N2O. The minimum Gasteiger partial charge on any atom is -0.396 e. The van der Waals surface area contributed by atoms with E-state index in [1.54, 1.807) is 0 Å². The van der Waals surface area contributed by atoms with Crippen molar-refractivity contribution in [2.45, 2.75) is 6.92 Å². The van der Waals surface area contributed by atoms with Crippen LogP contribution in [0.2, 0.25) is 0 Å². The molecule has 0 aromatic heterocycles. The number of hydrogen-bond donors (Lipinski definition) is 2. The van der Waals surface area contributed by atoms with Gasteiger partial charge in [0.1, 0.15) is 11.6 Å². The van der Waals surface area contributed by atoms with Crippen LogP contribution < -0.4 is 11.1 Å². The number of anilines is 2. The molecule has 0 atom stereocenters. The lowest BCUT2D eigenvalue weighted by molar-refractivity contribution is 0.102. The smallest absolute Gasteiger partial charge is 0.258 e. The molecule has 0 radical (unpaired) electrons. The maximum absolute atomic E-state index is 13.7. The van der Waals surface area contributed by atoms with Crippen molar-refractivity contribution in [3.8, 4) is 0 Å². The minimum atomic E-state index is -1.02. The number of nitrogens with one attached hydrogen (secondary N) is 1. The van der Waals surface area contributed by atoms with Gasteiger partial charge in [-0.2, -0.15) is 0 Å². The van der Waals surface area contributed by atoms with Crippen LogP contribution >= 0.6 is 0 Å². The molecule has 0 bridgehead atoms. The number of rotatable bonds is 2. The quantitative estimate of drug-likeness (QED) is 0.830. The highest BCUT2D eigenvalue weighted by Crippen LogP contribution is 2.21. The Balaban J connectivity index is 2.36. The van der Waals surface area contributed by atoms with E-state index < -0.39 is 34.6 Å². The fourth-order valence-corrected chi connectivity index (χ4v) is 1.71. The zero-order chi connectivity index (χ0) is 14.9. The van der Waals surface area contributed by atoms with Crippen LogP contribution in [-0.2, 0) is 0 Å². The van der Waals surface area contributed by atoms with Crippen molar-refractivity contribution in [2.24, 2.45) is 0 Å². The van der Waals surface area contributed by atoms with Gasteiger partial charge >= 0.3 is 0 Å². The average Bonchev–Trinajstić information content (AvgIpc) is 2.39. The fraction of sp³-hybridized carbons (Fsp3) is 0.0714. The van der Waals surface area contributed by atoms with E-state index in [-0.39, 0.29) is 11.3 Å². The second-order valence-electron chi connectivity index (χ2n) is 4.22. The summed E-state index contributed by atoms with van der Waals surface area (Å²) in [5.74, 6) is -3.26.